The molecule has 14 heavy (non-hydrogen) atoms. The molecule has 2 atom stereocenters. The molecule has 1 nitrogen and oxygen atoms in total. The molecule has 1 rings (SSSR count). The van der Waals surface area contributed by atoms with Crippen molar-refractivity contribution in [1.29, 1.82) is 0 Å². The standard InChI is InChI=1S/C13H26O/c1-3-4-5-6-7-8-9-13-11-14-10-12(13)2/h12-13H,3-11H2,1-2H3. The van der Waals surface area contributed by atoms with Crippen molar-refractivity contribution in [1.82, 2.24) is 0 Å². The highest BCUT2D eigenvalue weighted by Crippen LogP contribution is 2.25. The van der Waals surface area contributed by atoms with Crippen molar-refractivity contribution >= 4 is 0 Å². The van der Waals surface area contributed by atoms with Gasteiger partial charge in [-0.05, 0) is 18.3 Å². The Hall–Kier alpha value is -0.0400. The van der Waals surface area contributed by atoms with Gasteiger partial charge in [-0.2, -0.15) is 0 Å². The fourth-order valence-corrected chi connectivity index (χ4v) is 2.26. The average Bonchev–Trinajstić information content (AvgIpc) is 2.58. The first-order valence-electron chi connectivity index (χ1n) is 6.42. The Balaban J connectivity index is 1.88. The van der Waals surface area contributed by atoms with E-state index < -0.39 is 0 Å². The number of unbranched alkanes of at least 4 members (excludes halogenated alkanes) is 5. The summed E-state index contributed by atoms with van der Waals surface area (Å²) in [6.45, 7) is 6.63. The van der Waals surface area contributed by atoms with Crippen LogP contribution in [0.2, 0.25) is 0 Å². The minimum atomic E-state index is 0.811. The fourth-order valence-electron chi connectivity index (χ4n) is 2.26. The molecule has 0 spiro atoms. The van der Waals surface area contributed by atoms with E-state index in [0.29, 0.717) is 0 Å². The van der Waals surface area contributed by atoms with Crippen LogP contribution in [0.5, 0.6) is 0 Å². The molecule has 1 heteroatoms. The van der Waals surface area contributed by atoms with Gasteiger partial charge in [0.2, 0.25) is 0 Å². The molecule has 0 amide bonds. The fraction of sp³-hybridized carbons (Fsp3) is 1.00. The van der Waals surface area contributed by atoms with Gasteiger partial charge in [0.25, 0.3) is 0 Å². The predicted octanol–water partition coefficient (Wildman–Crippen LogP) is 4.02. The van der Waals surface area contributed by atoms with Crippen LogP contribution in [0.3, 0.4) is 0 Å². The van der Waals surface area contributed by atoms with Crippen molar-refractivity contribution in [2.45, 2.75) is 58.8 Å². The molecule has 0 radical (unpaired) electrons. The summed E-state index contributed by atoms with van der Waals surface area (Å²) in [5.41, 5.74) is 0. The molecular weight excluding hydrogens is 172 g/mol. The van der Waals surface area contributed by atoms with Crippen LogP contribution < -0.4 is 0 Å². The molecule has 2 unspecified atom stereocenters. The minimum Gasteiger partial charge on any atom is -0.381 e. The second kappa shape index (κ2) is 7.28. The van der Waals surface area contributed by atoms with Gasteiger partial charge in [-0.3, -0.25) is 0 Å². The van der Waals surface area contributed by atoms with Crippen LogP contribution in [0.25, 0.3) is 0 Å². The van der Waals surface area contributed by atoms with E-state index in [1.165, 1.54) is 44.9 Å². The number of rotatable bonds is 7. The van der Waals surface area contributed by atoms with E-state index in [1.54, 1.807) is 0 Å². The Morgan fingerprint density at radius 2 is 1.71 bits per heavy atom. The van der Waals surface area contributed by atoms with E-state index >= 15 is 0 Å². The van der Waals surface area contributed by atoms with Gasteiger partial charge in [0.15, 0.2) is 0 Å². The Morgan fingerprint density at radius 3 is 2.36 bits per heavy atom. The summed E-state index contributed by atoms with van der Waals surface area (Å²) < 4.78 is 5.46. The maximum Gasteiger partial charge on any atom is 0.0497 e. The average molecular weight is 198 g/mol. The van der Waals surface area contributed by atoms with Crippen molar-refractivity contribution in [2.75, 3.05) is 13.2 Å². The summed E-state index contributed by atoms with van der Waals surface area (Å²) >= 11 is 0. The molecular formula is C13H26O. The Morgan fingerprint density at radius 1 is 1.00 bits per heavy atom. The molecule has 1 aliphatic rings. The Kier molecular flexibility index (Phi) is 6.25. The lowest BCUT2D eigenvalue weighted by molar-refractivity contribution is 0.180. The van der Waals surface area contributed by atoms with Crippen LogP contribution >= 0.6 is 0 Å². The van der Waals surface area contributed by atoms with Gasteiger partial charge < -0.3 is 4.74 Å². The normalized spacial score (nSPS) is 27.0. The van der Waals surface area contributed by atoms with E-state index in [-0.39, 0.29) is 0 Å². The van der Waals surface area contributed by atoms with E-state index in [2.05, 4.69) is 13.8 Å². The summed E-state index contributed by atoms with van der Waals surface area (Å²) in [7, 11) is 0. The Labute approximate surface area is 89.2 Å². The summed E-state index contributed by atoms with van der Waals surface area (Å²) in [4.78, 5) is 0. The van der Waals surface area contributed by atoms with Crippen LogP contribution in [0.1, 0.15) is 58.8 Å². The molecule has 0 aromatic rings. The minimum absolute atomic E-state index is 0.811. The predicted molar refractivity (Wildman–Crippen MR) is 61.5 cm³/mol. The topological polar surface area (TPSA) is 9.23 Å². The molecule has 84 valence electrons. The summed E-state index contributed by atoms with van der Waals surface area (Å²) in [5.74, 6) is 1.67. The molecule has 0 bridgehead atoms. The van der Waals surface area contributed by atoms with Crippen LogP contribution in [-0.4, -0.2) is 13.2 Å². The molecule has 0 saturated carbocycles. The van der Waals surface area contributed by atoms with Gasteiger partial charge in [-0.1, -0.05) is 52.4 Å². The molecule has 0 aliphatic carbocycles. The van der Waals surface area contributed by atoms with Crippen molar-refractivity contribution < 1.29 is 4.74 Å². The molecule has 1 saturated heterocycles. The molecule has 0 aromatic heterocycles. The summed E-state index contributed by atoms with van der Waals surface area (Å²) in [5, 5.41) is 0. The van der Waals surface area contributed by atoms with Crippen LogP contribution in [-0.2, 0) is 4.74 Å². The van der Waals surface area contributed by atoms with Crippen molar-refractivity contribution in [3.05, 3.63) is 0 Å². The third kappa shape index (κ3) is 4.45. The second-order valence-corrected chi connectivity index (χ2v) is 4.83. The monoisotopic (exact) mass is 198 g/mol. The first-order valence-corrected chi connectivity index (χ1v) is 6.42. The number of ether oxygens (including phenoxy) is 1. The van der Waals surface area contributed by atoms with E-state index in [9.17, 15) is 0 Å². The second-order valence-electron chi connectivity index (χ2n) is 4.83. The first-order chi connectivity index (χ1) is 6.84. The van der Waals surface area contributed by atoms with E-state index in [0.717, 1.165) is 25.0 Å². The lowest BCUT2D eigenvalue weighted by Gasteiger charge is -2.12. The first kappa shape index (κ1) is 12.0. The lowest BCUT2D eigenvalue weighted by Crippen LogP contribution is -2.08. The van der Waals surface area contributed by atoms with Crippen molar-refractivity contribution in [3.8, 4) is 0 Å². The number of hydrogen-bond acceptors (Lipinski definition) is 1. The third-order valence-electron chi connectivity index (χ3n) is 3.45. The molecule has 0 aromatic carbocycles. The molecule has 0 N–H and O–H groups in total. The largest absolute Gasteiger partial charge is 0.381 e. The maximum absolute atomic E-state index is 5.46. The zero-order chi connectivity index (χ0) is 10.2. The number of hydrogen-bond donors (Lipinski definition) is 0. The van der Waals surface area contributed by atoms with Gasteiger partial charge in [0, 0.05) is 13.2 Å². The SMILES string of the molecule is CCCCCCCCC1COCC1C. The zero-order valence-corrected chi connectivity index (χ0v) is 9.93. The highest BCUT2D eigenvalue weighted by molar-refractivity contribution is 4.71. The lowest BCUT2D eigenvalue weighted by atomic mass is 9.92. The molecule has 1 heterocycles. The van der Waals surface area contributed by atoms with Crippen molar-refractivity contribution in [3.63, 3.8) is 0 Å². The molecule has 1 aliphatic heterocycles. The van der Waals surface area contributed by atoms with E-state index in [1.807, 2.05) is 0 Å². The van der Waals surface area contributed by atoms with Crippen molar-refractivity contribution in [2.24, 2.45) is 11.8 Å². The van der Waals surface area contributed by atoms with Crippen LogP contribution in [0, 0.1) is 11.8 Å². The highest BCUT2D eigenvalue weighted by atomic mass is 16.5. The summed E-state index contributed by atoms with van der Waals surface area (Å²) in [6.07, 6.45) is 9.90. The van der Waals surface area contributed by atoms with E-state index in [4.69, 9.17) is 4.74 Å². The van der Waals surface area contributed by atoms with Crippen LogP contribution in [0.15, 0.2) is 0 Å². The van der Waals surface area contributed by atoms with Crippen LogP contribution in [0.4, 0.5) is 0 Å². The third-order valence-corrected chi connectivity index (χ3v) is 3.45. The molecule has 1 fully saturated rings. The Bertz CT molecular complexity index is 133. The summed E-state index contributed by atoms with van der Waals surface area (Å²) in [6, 6.07) is 0. The van der Waals surface area contributed by atoms with Gasteiger partial charge in [0.1, 0.15) is 0 Å². The van der Waals surface area contributed by atoms with Gasteiger partial charge >= 0.3 is 0 Å². The van der Waals surface area contributed by atoms with Gasteiger partial charge in [-0.15, -0.1) is 0 Å². The smallest absolute Gasteiger partial charge is 0.0497 e. The maximum atomic E-state index is 5.46. The van der Waals surface area contributed by atoms with Gasteiger partial charge in [0.05, 0.1) is 0 Å². The van der Waals surface area contributed by atoms with Gasteiger partial charge in [-0.25, -0.2) is 0 Å². The quantitative estimate of drug-likeness (QED) is 0.561. The zero-order valence-electron chi connectivity index (χ0n) is 9.93. The highest BCUT2D eigenvalue weighted by Gasteiger charge is 2.23.